The van der Waals surface area contributed by atoms with Gasteiger partial charge in [-0.3, -0.25) is 0 Å². The molecule has 0 atom stereocenters. The Morgan fingerprint density at radius 3 is 2.30 bits per heavy atom. The minimum Gasteiger partial charge on any atom is -0.329 e. The fourth-order valence-corrected chi connectivity index (χ4v) is 1.08. The van der Waals surface area contributed by atoms with Crippen LogP contribution in [0.1, 0.15) is 0 Å². The van der Waals surface area contributed by atoms with Crippen molar-refractivity contribution in [2.45, 2.75) is 0 Å². The average molecular weight is 239 g/mol. The summed E-state index contributed by atoms with van der Waals surface area (Å²) in [6.07, 6.45) is 0. The number of hydrogen-bond donors (Lipinski definition) is 1. The van der Waals surface area contributed by atoms with Gasteiger partial charge in [0, 0.05) is 39.3 Å². The van der Waals surface area contributed by atoms with Gasteiger partial charge in [-0.05, 0) is 7.05 Å². The summed E-state index contributed by atoms with van der Waals surface area (Å²) < 4.78 is 21.3. The zero-order valence-corrected chi connectivity index (χ0v) is 9.79. The van der Waals surface area contributed by atoms with Gasteiger partial charge in [0.25, 0.3) is 0 Å². The maximum absolute atomic E-state index is 10.7. The van der Waals surface area contributed by atoms with Crippen molar-refractivity contribution in [1.82, 2.24) is 5.32 Å². The molecule has 0 saturated carbocycles. The molecule has 0 aliphatic carbocycles. The number of sulfone groups is 1. The second-order valence-electron chi connectivity index (χ2n) is 1.76. The van der Waals surface area contributed by atoms with Crippen LogP contribution < -0.4 is 5.32 Å². The Morgan fingerprint density at radius 2 is 2.00 bits per heavy atom. The first-order chi connectivity index (χ1) is 4.12. The van der Waals surface area contributed by atoms with E-state index in [0.29, 0.717) is 6.54 Å². The third kappa shape index (κ3) is 7.12. The number of hydrogen-bond acceptors (Lipinski definition) is 3. The maximum Gasteiger partial charge on any atom is 0.123 e. The molecule has 0 aromatic heterocycles. The number of rotatable bonds is 4. The molecule has 0 spiro atoms. The van der Waals surface area contributed by atoms with Crippen LogP contribution in [0.25, 0.3) is 0 Å². The van der Waals surface area contributed by atoms with Crippen LogP contribution in [0.5, 0.6) is 0 Å². The van der Waals surface area contributed by atoms with Crippen LogP contribution in [0.4, 0.5) is 0 Å². The molecule has 0 aromatic carbocycles. The monoisotopic (exact) mass is 239 g/mol. The predicted octanol–water partition coefficient (Wildman–Crippen LogP) is -0.548. The molecule has 10 heavy (non-hydrogen) atoms. The van der Waals surface area contributed by atoms with Crippen LogP contribution in [-0.2, 0) is 42.5 Å². The maximum atomic E-state index is 10.7. The van der Waals surface area contributed by atoms with Crippen molar-refractivity contribution in [3.05, 3.63) is 6.92 Å². The second kappa shape index (κ2) is 6.71. The molecule has 1 N–H and O–H groups in total. The standard InChI is InChI=1S/C5H12NO2S.Y/c1-3-9(7,8)5-4-6-2;/h6H,1,3-5H2,2H3;/q-1;. The van der Waals surface area contributed by atoms with Crippen molar-refractivity contribution in [3.8, 4) is 0 Å². The fourth-order valence-electron chi connectivity index (χ4n) is 0.360. The normalized spacial score (nSPS) is 10.6. The summed E-state index contributed by atoms with van der Waals surface area (Å²) in [5.74, 6) is 0.182. The molecular formula is C5H12NO2SY-. The van der Waals surface area contributed by atoms with Crippen LogP contribution in [0.3, 0.4) is 0 Å². The smallest absolute Gasteiger partial charge is 0.123 e. The Morgan fingerprint density at radius 1 is 1.50 bits per heavy atom. The van der Waals surface area contributed by atoms with E-state index in [0.717, 1.165) is 0 Å². The quantitative estimate of drug-likeness (QED) is 0.670. The van der Waals surface area contributed by atoms with E-state index < -0.39 is 9.84 Å². The van der Waals surface area contributed by atoms with E-state index in [2.05, 4.69) is 12.2 Å². The molecule has 0 rings (SSSR count). The molecule has 0 aromatic rings. The van der Waals surface area contributed by atoms with Crippen LogP contribution >= 0.6 is 0 Å². The van der Waals surface area contributed by atoms with Gasteiger partial charge in [0.1, 0.15) is 9.84 Å². The van der Waals surface area contributed by atoms with Gasteiger partial charge in [-0.1, -0.05) is 5.75 Å². The first-order valence-electron chi connectivity index (χ1n) is 2.76. The topological polar surface area (TPSA) is 46.2 Å². The summed E-state index contributed by atoms with van der Waals surface area (Å²) in [5, 5.41) is 2.75. The van der Waals surface area contributed by atoms with Crippen LogP contribution in [0, 0.1) is 6.92 Å². The summed E-state index contributed by atoms with van der Waals surface area (Å²) in [6.45, 7) is 3.81. The Balaban J connectivity index is 0. The van der Waals surface area contributed by atoms with E-state index in [1.807, 2.05) is 0 Å². The Hall–Kier alpha value is 1.01. The summed E-state index contributed by atoms with van der Waals surface area (Å²) in [5.41, 5.74) is 0. The van der Waals surface area contributed by atoms with Gasteiger partial charge in [0.2, 0.25) is 0 Å². The van der Waals surface area contributed by atoms with Gasteiger partial charge < -0.3 is 12.2 Å². The van der Waals surface area contributed by atoms with Crippen molar-refractivity contribution in [3.63, 3.8) is 0 Å². The molecule has 0 heterocycles. The predicted molar refractivity (Wildman–Crippen MR) is 37.9 cm³/mol. The Labute approximate surface area is 87.8 Å². The first kappa shape index (κ1) is 13.6. The van der Waals surface area contributed by atoms with Gasteiger partial charge >= 0.3 is 0 Å². The molecule has 1 radical (unpaired) electrons. The van der Waals surface area contributed by atoms with E-state index >= 15 is 0 Å². The largest absolute Gasteiger partial charge is 0.329 e. The summed E-state index contributed by atoms with van der Waals surface area (Å²) in [7, 11) is -1.13. The number of nitrogens with one attached hydrogen (secondary N) is 1. The van der Waals surface area contributed by atoms with E-state index in [-0.39, 0.29) is 44.2 Å². The minimum absolute atomic E-state index is 0. The van der Waals surface area contributed by atoms with Gasteiger partial charge in [-0.2, -0.15) is 0 Å². The van der Waals surface area contributed by atoms with E-state index in [9.17, 15) is 8.42 Å². The molecule has 0 saturated heterocycles. The average Bonchev–Trinajstić information content (AvgIpc) is 1.84. The molecule has 0 aliphatic rings. The molecule has 59 valence electrons. The van der Waals surface area contributed by atoms with Crippen molar-refractivity contribution in [1.29, 1.82) is 0 Å². The van der Waals surface area contributed by atoms with Gasteiger partial charge in [-0.15, -0.1) is 0 Å². The molecular weight excluding hydrogens is 227 g/mol. The van der Waals surface area contributed by atoms with Crippen LogP contribution in [0.15, 0.2) is 0 Å². The summed E-state index contributed by atoms with van der Waals surface area (Å²) in [4.78, 5) is 0. The minimum atomic E-state index is -2.86. The zero-order valence-electron chi connectivity index (χ0n) is 6.13. The molecule has 5 heteroatoms. The molecule has 0 unspecified atom stereocenters. The van der Waals surface area contributed by atoms with E-state index in [1.165, 1.54) is 0 Å². The van der Waals surface area contributed by atoms with Crippen molar-refractivity contribution in [2.24, 2.45) is 0 Å². The van der Waals surface area contributed by atoms with E-state index in [1.54, 1.807) is 7.05 Å². The van der Waals surface area contributed by atoms with Crippen molar-refractivity contribution >= 4 is 9.84 Å². The molecule has 0 fully saturated rings. The van der Waals surface area contributed by atoms with Crippen molar-refractivity contribution in [2.75, 3.05) is 25.1 Å². The third-order valence-corrected chi connectivity index (χ3v) is 2.42. The van der Waals surface area contributed by atoms with Gasteiger partial charge in [-0.25, -0.2) is 8.42 Å². The fraction of sp³-hybridized carbons (Fsp3) is 0.800. The van der Waals surface area contributed by atoms with Crippen LogP contribution in [-0.4, -0.2) is 33.5 Å². The van der Waals surface area contributed by atoms with Crippen molar-refractivity contribution < 1.29 is 41.1 Å². The summed E-state index contributed by atoms with van der Waals surface area (Å²) >= 11 is 0. The Kier molecular flexibility index (Phi) is 9.12. The molecule has 3 nitrogen and oxygen atoms in total. The third-order valence-electron chi connectivity index (χ3n) is 0.974. The molecule has 0 bridgehead atoms. The second-order valence-corrected chi connectivity index (χ2v) is 4.06. The van der Waals surface area contributed by atoms with Crippen LogP contribution in [0.2, 0.25) is 0 Å². The van der Waals surface area contributed by atoms with E-state index in [4.69, 9.17) is 0 Å². The van der Waals surface area contributed by atoms with Gasteiger partial charge in [0.15, 0.2) is 0 Å². The Bertz CT molecular complexity index is 155. The zero-order chi connectivity index (χ0) is 7.33. The molecule has 0 amide bonds. The first-order valence-corrected chi connectivity index (χ1v) is 4.59. The SMILES string of the molecule is [CH2-]CS(=O)(=O)CCNC.[Y]. The summed E-state index contributed by atoms with van der Waals surface area (Å²) in [6, 6.07) is 0. The van der Waals surface area contributed by atoms with Gasteiger partial charge in [0.05, 0.1) is 5.75 Å². The molecule has 0 aliphatic heterocycles.